The van der Waals surface area contributed by atoms with Crippen molar-refractivity contribution in [1.29, 1.82) is 0 Å². The Hall–Kier alpha value is -2.51. The Balaban J connectivity index is 1.38. The van der Waals surface area contributed by atoms with Gasteiger partial charge in [0.2, 0.25) is 5.91 Å². The van der Waals surface area contributed by atoms with Gasteiger partial charge in [0.1, 0.15) is 5.82 Å². The summed E-state index contributed by atoms with van der Waals surface area (Å²) in [4.78, 5) is 25.4. The highest BCUT2D eigenvalue weighted by atomic mass is 35.5. The molecule has 2 N–H and O–H groups in total. The molecule has 0 saturated heterocycles. The van der Waals surface area contributed by atoms with Crippen molar-refractivity contribution in [3.8, 4) is 0 Å². The van der Waals surface area contributed by atoms with Gasteiger partial charge in [-0.2, -0.15) is 8.78 Å². The molecule has 0 aromatic heterocycles. The number of hydrogen-bond donors (Lipinski definition) is 2. The van der Waals surface area contributed by atoms with E-state index in [1.165, 1.54) is 12.1 Å². The molecule has 3 aliphatic carbocycles. The molecule has 0 spiro atoms. The van der Waals surface area contributed by atoms with Crippen molar-refractivity contribution >= 4 is 40.7 Å². The van der Waals surface area contributed by atoms with Gasteiger partial charge in [0, 0.05) is 22.7 Å². The van der Waals surface area contributed by atoms with Crippen LogP contribution in [0.4, 0.5) is 18.9 Å². The van der Waals surface area contributed by atoms with E-state index in [-0.39, 0.29) is 28.5 Å². The zero-order chi connectivity index (χ0) is 25.1. The third kappa shape index (κ3) is 4.09. The molecule has 4 nitrogen and oxygen atoms in total. The van der Waals surface area contributed by atoms with Crippen LogP contribution in [-0.2, 0) is 10.7 Å². The number of allylic oxidation sites excluding steroid dienone is 1. The largest absolute Gasteiger partial charge is 0.347 e. The van der Waals surface area contributed by atoms with Crippen LogP contribution in [0.3, 0.4) is 0 Å². The van der Waals surface area contributed by atoms with Gasteiger partial charge < -0.3 is 10.6 Å². The molecule has 3 aliphatic rings. The van der Waals surface area contributed by atoms with Gasteiger partial charge in [0.05, 0.1) is 15.6 Å². The summed E-state index contributed by atoms with van der Waals surface area (Å²) >= 11 is 11.9. The highest BCUT2D eigenvalue weighted by molar-refractivity contribution is 6.42. The first-order valence-corrected chi connectivity index (χ1v) is 11.5. The molecule has 5 rings (SSSR count). The van der Waals surface area contributed by atoms with Crippen LogP contribution in [0.5, 0.6) is 0 Å². The molecule has 2 aromatic carbocycles. The van der Waals surface area contributed by atoms with Gasteiger partial charge in [-0.3, -0.25) is 9.59 Å². The molecule has 0 unspecified atom stereocenters. The van der Waals surface area contributed by atoms with Crippen molar-refractivity contribution in [2.24, 2.45) is 11.3 Å². The van der Waals surface area contributed by atoms with E-state index < -0.39 is 28.8 Å². The zero-order valence-electron chi connectivity index (χ0n) is 18.6. The van der Waals surface area contributed by atoms with Crippen LogP contribution in [0.15, 0.2) is 48.6 Å². The van der Waals surface area contributed by atoms with E-state index in [2.05, 4.69) is 17.2 Å². The maximum absolute atomic E-state index is 14.3. The average Bonchev–Trinajstić information content (AvgIpc) is 2.71. The van der Waals surface area contributed by atoms with Gasteiger partial charge in [-0.25, -0.2) is 4.39 Å². The summed E-state index contributed by atoms with van der Waals surface area (Å²) in [5.41, 5.74) is -1.49. The fraction of sp³-hybridized carbons (Fsp3) is 0.360. The number of halogens is 5. The first-order valence-electron chi connectivity index (χ1n) is 10.7. The quantitative estimate of drug-likeness (QED) is 0.405. The summed E-state index contributed by atoms with van der Waals surface area (Å²) in [5, 5.41) is 6.30. The maximum Gasteiger partial charge on any atom is 0.296 e. The molecule has 9 heteroatoms. The zero-order valence-corrected chi connectivity index (χ0v) is 20.1. The lowest BCUT2D eigenvalue weighted by Crippen LogP contribution is -2.77. The predicted octanol–water partition coefficient (Wildman–Crippen LogP) is 6.73. The van der Waals surface area contributed by atoms with Crippen LogP contribution < -0.4 is 10.6 Å². The number of nitrogens with one attached hydrogen (secondary N) is 2. The maximum atomic E-state index is 14.3. The van der Waals surface area contributed by atoms with Gasteiger partial charge in [-0.15, -0.1) is 0 Å². The first kappa shape index (κ1) is 24.6. The van der Waals surface area contributed by atoms with Gasteiger partial charge >= 0.3 is 0 Å². The third-order valence-electron chi connectivity index (χ3n) is 7.05. The second kappa shape index (κ2) is 8.31. The predicted molar refractivity (Wildman–Crippen MR) is 126 cm³/mol. The summed E-state index contributed by atoms with van der Waals surface area (Å²) < 4.78 is 42.6. The SMILES string of the molecule is C=C(C)C(F)(F)c1cc(NC(=O)[C@@H](C)C23CC(NC(=O)c4ccc(Cl)c(Cl)c4)(C2)C3)ccc1F. The molecule has 2 amide bonds. The minimum Gasteiger partial charge on any atom is -0.347 e. The standard InChI is InChI=1S/C25H23Cl2F3N2O2/c1-13(2)25(29,30)17-9-16(5-7-20(17)28)31-21(33)14(3)23-10-24(11-23,12-23)32-22(34)15-4-6-18(26)19(27)8-15/h4-9,14H,1,10-12H2,2-3H3,(H,31,33)(H,32,34)/t14-,23?,24?/m1/s1. The molecule has 0 aliphatic heterocycles. The van der Waals surface area contributed by atoms with E-state index >= 15 is 0 Å². The van der Waals surface area contributed by atoms with Crippen molar-refractivity contribution in [3.05, 3.63) is 75.5 Å². The Morgan fingerprint density at radius 1 is 1.09 bits per heavy atom. The van der Waals surface area contributed by atoms with Gasteiger partial charge in [0.15, 0.2) is 0 Å². The highest BCUT2D eigenvalue weighted by Gasteiger charge is 2.71. The van der Waals surface area contributed by atoms with Crippen molar-refractivity contribution in [2.75, 3.05) is 5.32 Å². The lowest BCUT2D eigenvalue weighted by atomic mass is 9.36. The van der Waals surface area contributed by atoms with E-state index in [0.29, 0.717) is 34.9 Å². The van der Waals surface area contributed by atoms with Crippen molar-refractivity contribution < 1.29 is 22.8 Å². The van der Waals surface area contributed by atoms with E-state index in [4.69, 9.17) is 23.2 Å². The number of carbonyl (C=O) groups is 2. The normalized spacial score (nSPS) is 23.9. The van der Waals surface area contributed by atoms with Crippen LogP contribution >= 0.6 is 23.2 Å². The van der Waals surface area contributed by atoms with Crippen molar-refractivity contribution in [1.82, 2.24) is 5.32 Å². The van der Waals surface area contributed by atoms with E-state index in [9.17, 15) is 22.8 Å². The fourth-order valence-corrected chi connectivity index (χ4v) is 5.31. The lowest BCUT2D eigenvalue weighted by molar-refractivity contribution is -0.184. The number of rotatable bonds is 7. The lowest BCUT2D eigenvalue weighted by Gasteiger charge is -2.72. The number of anilines is 1. The Bertz CT molecular complexity index is 1190. The summed E-state index contributed by atoms with van der Waals surface area (Å²) in [6, 6.07) is 7.75. The van der Waals surface area contributed by atoms with Crippen LogP contribution in [0.1, 0.15) is 49.0 Å². The van der Waals surface area contributed by atoms with E-state index in [0.717, 1.165) is 19.1 Å². The van der Waals surface area contributed by atoms with E-state index in [1.807, 2.05) is 0 Å². The first-order chi connectivity index (χ1) is 15.8. The molecular weight excluding hydrogens is 488 g/mol. The van der Waals surface area contributed by atoms with E-state index in [1.54, 1.807) is 19.1 Å². The minimum atomic E-state index is -3.55. The van der Waals surface area contributed by atoms with Crippen LogP contribution in [0.2, 0.25) is 10.0 Å². The molecule has 180 valence electrons. The van der Waals surface area contributed by atoms with Crippen LogP contribution in [-0.4, -0.2) is 17.4 Å². The minimum absolute atomic E-state index is 0.0865. The second-order valence-corrected chi connectivity index (χ2v) is 10.3. The Kier molecular flexibility index (Phi) is 6.01. The Morgan fingerprint density at radius 3 is 2.32 bits per heavy atom. The number of amides is 2. The molecule has 3 fully saturated rings. The van der Waals surface area contributed by atoms with Crippen molar-refractivity contribution in [2.45, 2.75) is 44.6 Å². The number of carbonyl (C=O) groups excluding carboxylic acids is 2. The van der Waals surface area contributed by atoms with Gasteiger partial charge in [0.25, 0.3) is 11.8 Å². The third-order valence-corrected chi connectivity index (χ3v) is 7.79. The molecule has 2 bridgehead atoms. The van der Waals surface area contributed by atoms with Gasteiger partial charge in [-0.05, 0) is 73.6 Å². The van der Waals surface area contributed by atoms with Crippen LogP contribution in [0, 0.1) is 17.2 Å². The molecule has 0 radical (unpaired) electrons. The average molecular weight is 511 g/mol. The molecule has 1 atom stereocenters. The molecule has 2 aromatic rings. The Morgan fingerprint density at radius 2 is 1.74 bits per heavy atom. The van der Waals surface area contributed by atoms with Crippen LogP contribution in [0.25, 0.3) is 0 Å². The van der Waals surface area contributed by atoms with Gasteiger partial charge in [-0.1, -0.05) is 36.7 Å². The number of hydrogen-bond acceptors (Lipinski definition) is 2. The Labute approximate surface area is 205 Å². The summed E-state index contributed by atoms with van der Waals surface area (Å²) in [5.74, 6) is -5.66. The number of alkyl halides is 2. The topological polar surface area (TPSA) is 58.2 Å². The molecule has 0 heterocycles. The highest BCUT2D eigenvalue weighted by Crippen LogP contribution is 2.70. The fourth-order valence-electron chi connectivity index (χ4n) is 5.01. The molecule has 34 heavy (non-hydrogen) atoms. The summed E-state index contributed by atoms with van der Waals surface area (Å²) in [7, 11) is 0. The summed E-state index contributed by atoms with van der Waals surface area (Å²) in [6.07, 6.45) is 1.89. The monoisotopic (exact) mass is 510 g/mol. The number of benzene rings is 2. The van der Waals surface area contributed by atoms with Crippen molar-refractivity contribution in [3.63, 3.8) is 0 Å². The molecule has 3 saturated carbocycles. The smallest absolute Gasteiger partial charge is 0.296 e. The second-order valence-electron chi connectivity index (χ2n) is 9.52. The molecular formula is C25H23Cl2F3N2O2. The summed E-state index contributed by atoms with van der Waals surface area (Å²) in [6.45, 7) is 6.11.